The van der Waals surface area contributed by atoms with Gasteiger partial charge in [-0.25, -0.2) is 9.97 Å². The molecule has 0 bridgehead atoms. The molecule has 0 radical (unpaired) electrons. The Balaban J connectivity index is 1.42. The fourth-order valence-corrected chi connectivity index (χ4v) is 3.16. The number of carbonyl (C=O) groups excluding carboxylic acids is 2. The van der Waals surface area contributed by atoms with E-state index < -0.39 is 0 Å². The van der Waals surface area contributed by atoms with E-state index in [1.807, 2.05) is 30.0 Å². The summed E-state index contributed by atoms with van der Waals surface area (Å²) >= 11 is 0. The highest BCUT2D eigenvalue weighted by molar-refractivity contribution is 5.92. The molecule has 9 nitrogen and oxygen atoms in total. The first-order chi connectivity index (χ1) is 13.6. The highest BCUT2D eigenvalue weighted by Gasteiger charge is 2.20. The fourth-order valence-electron chi connectivity index (χ4n) is 3.16. The number of hydrogen-bond donors (Lipinski definition) is 1. The second-order valence-corrected chi connectivity index (χ2v) is 6.69. The van der Waals surface area contributed by atoms with Crippen molar-refractivity contribution in [2.45, 2.75) is 13.5 Å². The summed E-state index contributed by atoms with van der Waals surface area (Å²) < 4.78 is 10.7. The topological polar surface area (TPSA) is 96.9 Å². The van der Waals surface area contributed by atoms with Gasteiger partial charge in [-0.1, -0.05) is 6.07 Å². The van der Waals surface area contributed by atoms with Crippen LogP contribution < -0.4 is 19.7 Å². The molecule has 28 heavy (non-hydrogen) atoms. The first kappa shape index (κ1) is 18.0. The number of hydrogen-bond acceptors (Lipinski definition) is 7. The van der Waals surface area contributed by atoms with Crippen molar-refractivity contribution < 1.29 is 19.1 Å². The van der Waals surface area contributed by atoms with Crippen molar-refractivity contribution >= 4 is 18.3 Å². The van der Waals surface area contributed by atoms with E-state index in [4.69, 9.17) is 9.47 Å². The lowest BCUT2D eigenvalue weighted by Gasteiger charge is -2.32. The van der Waals surface area contributed by atoms with Crippen molar-refractivity contribution in [2.75, 3.05) is 37.9 Å². The van der Waals surface area contributed by atoms with Gasteiger partial charge in [0.05, 0.1) is 0 Å². The van der Waals surface area contributed by atoms with Gasteiger partial charge >= 0.3 is 0 Å². The number of piperazine rings is 1. The Bertz CT molecular complexity index is 896. The fraction of sp³-hybridized carbons (Fsp3) is 0.368. The first-order valence-electron chi connectivity index (χ1n) is 9.09. The van der Waals surface area contributed by atoms with Crippen LogP contribution in [-0.2, 0) is 11.3 Å². The molecule has 1 aromatic heterocycles. The van der Waals surface area contributed by atoms with Gasteiger partial charge in [-0.3, -0.25) is 9.59 Å². The van der Waals surface area contributed by atoms with Crippen molar-refractivity contribution in [3.05, 3.63) is 41.2 Å². The Labute approximate surface area is 162 Å². The normalized spacial score (nSPS) is 15.5. The number of fused-ring (bicyclic) bond motifs is 1. The number of nitrogens with one attached hydrogen (secondary N) is 1. The van der Waals surface area contributed by atoms with Gasteiger partial charge in [-0.05, 0) is 30.7 Å². The quantitative estimate of drug-likeness (QED) is 0.760. The summed E-state index contributed by atoms with van der Waals surface area (Å²) in [6.45, 7) is 4.92. The summed E-state index contributed by atoms with van der Waals surface area (Å²) in [6, 6.07) is 7.23. The lowest BCUT2D eigenvalue weighted by Crippen LogP contribution is -2.46. The zero-order valence-electron chi connectivity index (χ0n) is 15.6. The highest BCUT2D eigenvalue weighted by Crippen LogP contribution is 2.32. The molecule has 0 aliphatic carbocycles. The summed E-state index contributed by atoms with van der Waals surface area (Å²) in [6.07, 6.45) is 0.851. The number of nitrogens with zero attached hydrogens (tertiary/aromatic N) is 4. The van der Waals surface area contributed by atoms with Crippen molar-refractivity contribution in [2.24, 2.45) is 0 Å². The summed E-state index contributed by atoms with van der Waals surface area (Å²) in [5.41, 5.74) is 1.95. The van der Waals surface area contributed by atoms with Crippen molar-refractivity contribution in [3.63, 3.8) is 0 Å². The van der Waals surface area contributed by atoms with Gasteiger partial charge in [0.2, 0.25) is 19.2 Å². The third-order valence-electron chi connectivity index (χ3n) is 4.71. The highest BCUT2D eigenvalue weighted by atomic mass is 16.7. The molecule has 1 N–H and O–H groups in total. The third kappa shape index (κ3) is 3.83. The number of benzene rings is 1. The van der Waals surface area contributed by atoms with Crippen LogP contribution in [0.4, 0.5) is 5.95 Å². The largest absolute Gasteiger partial charge is 0.454 e. The van der Waals surface area contributed by atoms with E-state index in [2.05, 4.69) is 15.3 Å². The van der Waals surface area contributed by atoms with Gasteiger partial charge in [0.1, 0.15) is 5.69 Å². The van der Waals surface area contributed by atoms with E-state index in [9.17, 15) is 9.59 Å². The Hall–Kier alpha value is -3.36. The summed E-state index contributed by atoms with van der Waals surface area (Å²) in [7, 11) is 0. The number of aryl methyl sites for hydroxylation is 1. The molecule has 0 atom stereocenters. The van der Waals surface area contributed by atoms with Gasteiger partial charge in [-0.2, -0.15) is 0 Å². The van der Waals surface area contributed by atoms with Crippen LogP contribution in [0, 0.1) is 6.92 Å². The molecule has 1 aromatic carbocycles. The predicted octanol–water partition coefficient (Wildman–Crippen LogP) is 0.722. The van der Waals surface area contributed by atoms with Gasteiger partial charge in [0.15, 0.2) is 11.5 Å². The lowest BCUT2D eigenvalue weighted by atomic mass is 10.2. The molecule has 3 heterocycles. The molecular weight excluding hydrogens is 362 g/mol. The van der Waals surface area contributed by atoms with Crippen LogP contribution in [0.2, 0.25) is 0 Å². The molecule has 9 heteroatoms. The molecule has 1 saturated heterocycles. The van der Waals surface area contributed by atoms with E-state index in [0.717, 1.165) is 17.7 Å². The van der Waals surface area contributed by atoms with Crippen LogP contribution in [0.5, 0.6) is 11.5 Å². The molecule has 2 aliphatic rings. The molecule has 2 aromatic rings. The van der Waals surface area contributed by atoms with Crippen LogP contribution in [0.3, 0.4) is 0 Å². The molecule has 2 amide bonds. The zero-order chi connectivity index (χ0) is 19.5. The average molecular weight is 383 g/mol. The van der Waals surface area contributed by atoms with E-state index in [1.165, 1.54) is 0 Å². The lowest BCUT2D eigenvalue weighted by molar-refractivity contribution is -0.118. The van der Waals surface area contributed by atoms with Crippen LogP contribution in [0.25, 0.3) is 0 Å². The zero-order valence-corrected chi connectivity index (χ0v) is 15.6. The minimum atomic E-state index is -0.268. The molecule has 0 saturated carbocycles. The number of rotatable bonds is 5. The Morgan fingerprint density at radius 3 is 2.71 bits per heavy atom. The van der Waals surface area contributed by atoms with Gasteiger partial charge in [0.25, 0.3) is 5.91 Å². The number of carbonyl (C=O) groups is 2. The molecule has 1 fully saturated rings. The van der Waals surface area contributed by atoms with E-state index >= 15 is 0 Å². The van der Waals surface area contributed by atoms with Crippen LogP contribution in [0.1, 0.15) is 21.7 Å². The third-order valence-corrected chi connectivity index (χ3v) is 4.71. The number of ether oxygens (including phenoxy) is 2. The van der Waals surface area contributed by atoms with E-state index in [1.54, 1.807) is 11.0 Å². The Morgan fingerprint density at radius 1 is 1.14 bits per heavy atom. The van der Waals surface area contributed by atoms with Crippen LogP contribution >= 0.6 is 0 Å². The Morgan fingerprint density at radius 2 is 1.93 bits per heavy atom. The minimum Gasteiger partial charge on any atom is -0.454 e. The minimum absolute atomic E-state index is 0.218. The van der Waals surface area contributed by atoms with Gasteiger partial charge in [-0.15, -0.1) is 0 Å². The molecule has 0 spiro atoms. The standard InChI is InChI=1S/C19H21N5O4/c1-13-8-15(22-19(21-13)24-6-4-23(11-25)5-7-24)18(26)20-10-14-2-3-16-17(9-14)28-12-27-16/h2-3,8-9,11H,4-7,10,12H2,1H3,(H,20,26). The van der Waals surface area contributed by atoms with E-state index in [0.29, 0.717) is 55.9 Å². The monoisotopic (exact) mass is 383 g/mol. The number of aromatic nitrogens is 2. The molecule has 4 rings (SSSR count). The summed E-state index contributed by atoms with van der Waals surface area (Å²) in [5.74, 6) is 1.64. The second-order valence-electron chi connectivity index (χ2n) is 6.69. The van der Waals surface area contributed by atoms with Crippen LogP contribution in [0.15, 0.2) is 24.3 Å². The maximum Gasteiger partial charge on any atom is 0.270 e. The van der Waals surface area contributed by atoms with E-state index in [-0.39, 0.29) is 12.7 Å². The maximum absolute atomic E-state index is 12.6. The summed E-state index contributed by atoms with van der Waals surface area (Å²) in [5, 5.41) is 2.88. The molecular formula is C19H21N5O4. The Kier molecular flexibility index (Phi) is 4.96. The average Bonchev–Trinajstić information content (AvgIpc) is 3.19. The SMILES string of the molecule is Cc1cc(C(=O)NCc2ccc3c(c2)OCO3)nc(N2CCN(C=O)CC2)n1. The molecule has 2 aliphatic heterocycles. The second kappa shape index (κ2) is 7.71. The van der Waals surface area contributed by atoms with Crippen molar-refractivity contribution in [1.29, 1.82) is 0 Å². The van der Waals surface area contributed by atoms with Gasteiger partial charge < -0.3 is 24.6 Å². The number of amides is 2. The van der Waals surface area contributed by atoms with Gasteiger partial charge in [0, 0.05) is 38.4 Å². The van der Waals surface area contributed by atoms with Crippen molar-refractivity contribution in [3.8, 4) is 11.5 Å². The molecule has 146 valence electrons. The van der Waals surface area contributed by atoms with Crippen molar-refractivity contribution in [1.82, 2.24) is 20.2 Å². The molecule has 0 unspecified atom stereocenters. The van der Waals surface area contributed by atoms with Crippen LogP contribution in [-0.4, -0.2) is 60.2 Å². The first-order valence-corrected chi connectivity index (χ1v) is 9.09. The smallest absolute Gasteiger partial charge is 0.270 e. The summed E-state index contributed by atoms with van der Waals surface area (Å²) in [4.78, 5) is 36.0. The predicted molar refractivity (Wildman–Crippen MR) is 100 cm³/mol. The maximum atomic E-state index is 12.6. The number of anilines is 1.